The van der Waals surface area contributed by atoms with Gasteiger partial charge in [-0.3, -0.25) is 0 Å². The van der Waals surface area contributed by atoms with Crippen molar-refractivity contribution in [3.63, 3.8) is 0 Å². The van der Waals surface area contributed by atoms with Crippen LogP contribution in [0.4, 0.5) is 14.6 Å². The lowest BCUT2D eigenvalue weighted by molar-refractivity contribution is 0.505. The number of aromatic nitrogens is 2. The molecule has 0 saturated heterocycles. The fourth-order valence-corrected chi connectivity index (χ4v) is 1.98. The van der Waals surface area contributed by atoms with Crippen LogP contribution in [0.15, 0.2) is 18.2 Å². The molecule has 2 rings (SSSR count). The van der Waals surface area contributed by atoms with E-state index in [1.54, 1.807) is 18.2 Å². The summed E-state index contributed by atoms with van der Waals surface area (Å²) in [7, 11) is 0. The van der Waals surface area contributed by atoms with Crippen LogP contribution in [0, 0.1) is 18.6 Å². The number of anilines is 1. The van der Waals surface area contributed by atoms with Gasteiger partial charge in [-0.25, -0.2) is 18.7 Å². The Morgan fingerprint density at radius 3 is 2.52 bits per heavy atom. The second-order valence-electron chi connectivity index (χ2n) is 4.89. The van der Waals surface area contributed by atoms with Crippen LogP contribution < -0.4 is 5.32 Å². The molecule has 0 aliphatic rings. The van der Waals surface area contributed by atoms with Gasteiger partial charge in [0.25, 0.3) is 0 Å². The molecule has 0 fully saturated rings. The highest BCUT2D eigenvalue weighted by molar-refractivity contribution is 5.64. The quantitative estimate of drug-likeness (QED) is 0.900. The summed E-state index contributed by atoms with van der Waals surface area (Å²) >= 11 is 0. The van der Waals surface area contributed by atoms with Crippen LogP contribution in [0.25, 0.3) is 11.3 Å². The zero-order valence-electron chi connectivity index (χ0n) is 12.5. The number of hydrogen-bond donors (Lipinski definition) is 1. The Morgan fingerprint density at radius 1 is 1.10 bits per heavy atom. The van der Waals surface area contributed by atoms with Crippen molar-refractivity contribution in [1.29, 1.82) is 0 Å². The third-order valence-electron chi connectivity index (χ3n) is 3.20. The molecule has 0 bridgehead atoms. The van der Waals surface area contributed by atoms with Crippen LogP contribution in [0.5, 0.6) is 0 Å². The lowest BCUT2D eigenvalue weighted by atomic mass is 10.1. The Labute approximate surface area is 123 Å². The molecule has 0 amide bonds. The highest BCUT2D eigenvalue weighted by atomic mass is 19.2. The van der Waals surface area contributed by atoms with Gasteiger partial charge >= 0.3 is 0 Å². The molecule has 2 aromatic rings. The molecule has 5 heteroatoms. The van der Waals surface area contributed by atoms with Crippen molar-refractivity contribution in [2.24, 2.45) is 0 Å². The highest BCUT2D eigenvalue weighted by Crippen LogP contribution is 2.26. The summed E-state index contributed by atoms with van der Waals surface area (Å²) in [6, 6.07) is 4.77. The van der Waals surface area contributed by atoms with E-state index in [0.29, 0.717) is 23.8 Å². The first-order chi connectivity index (χ1) is 10.1. The van der Waals surface area contributed by atoms with Gasteiger partial charge in [0.2, 0.25) is 0 Å². The Morgan fingerprint density at radius 2 is 1.86 bits per heavy atom. The molecular weight excluding hydrogens is 272 g/mol. The van der Waals surface area contributed by atoms with Gasteiger partial charge in [0, 0.05) is 24.6 Å². The van der Waals surface area contributed by atoms with Crippen LogP contribution in [0.2, 0.25) is 0 Å². The van der Waals surface area contributed by atoms with E-state index < -0.39 is 11.6 Å². The molecule has 0 aliphatic carbocycles. The number of nitrogens with zero attached hydrogens (tertiary/aromatic N) is 2. The molecule has 112 valence electrons. The van der Waals surface area contributed by atoms with E-state index >= 15 is 0 Å². The van der Waals surface area contributed by atoms with Crippen molar-refractivity contribution in [3.8, 4) is 11.3 Å². The summed E-state index contributed by atoms with van der Waals surface area (Å²) in [4.78, 5) is 8.65. The Kier molecular flexibility index (Phi) is 4.83. The maximum absolute atomic E-state index is 14.1. The summed E-state index contributed by atoms with van der Waals surface area (Å²) in [5.41, 5.74) is 0.844. The van der Waals surface area contributed by atoms with E-state index in [1.165, 1.54) is 6.92 Å². The maximum Gasteiger partial charge on any atom is 0.168 e. The van der Waals surface area contributed by atoms with E-state index in [1.807, 2.05) is 13.8 Å². The molecule has 0 atom stereocenters. The Bertz CT molecular complexity index is 642. The molecule has 0 aliphatic heterocycles. The minimum absolute atomic E-state index is 0.162. The van der Waals surface area contributed by atoms with E-state index in [-0.39, 0.29) is 11.1 Å². The van der Waals surface area contributed by atoms with Gasteiger partial charge in [0.05, 0.1) is 5.69 Å². The average Bonchev–Trinajstić information content (AvgIpc) is 2.50. The van der Waals surface area contributed by atoms with Crippen molar-refractivity contribution in [3.05, 3.63) is 41.2 Å². The first-order valence-corrected chi connectivity index (χ1v) is 7.13. The number of rotatable bonds is 5. The van der Waals surface area contributed by atoms with Gasteiger partial charge in [0.15, 0.2) is 11.6 Å². The fraction of sp³-hybridized carbons (Fsp3) is 0.375. The van der Waals surface area contributed by atoms with Crippen molar-refractivity contribution in [2.75, 3.05) is 11.9 Å². The summed E-state index contributed by atoms with van der Waals surface area (Å²) in [5, 5.41) is 3.16. The SMILES string of the molecule is CCCNc1cc(-c2ccc(C)c(F)c2F)nc(CC)n1. The number of halogens is 2. The van der Waals surface area contributed by atoms with Crippen molar-refractivity contribution < 1.29 is 8.78 Å². The van der Waals surface area contributed by atoms with E-state index in [4.69, 9.17) is 0 Å². The standard InChI is InChI=1S/C16H19F2N3/c1-4-8-19-14-9-12(20-13(5-2)21-14)11-7-6-10(3)15(17)16(11)18/h6-7,9H,4-5,8H2,1-3H3,(H,19,20,21). The zero-order chi connectivity index (χ0) is 15.4. The largest absolute Gasteiger partial charge is 0.370 e. The van der Waals surface area contributed by atoms with Crippen LogP contribution >= 0.6 is 0 Å². The third kappa shape index (κ3) is 3.35. The maximum atomic E-state index is 14.1. The summed E-state index contributed by atoms with van der Waals surface area (Å²) < 4.78 is 27.8. The van der Waals surface area contributed by atoms with Gasteiger partial charge in [-0.1, -0.05) is 19.9 Å². The molecule has 1 N–H and O–H groups in total. The van der Waals surface area contributed by atoms with Crippen molar-refractivity contribution in [1.82, 2.24) is 9.97 Å². The van der Waals surface area contributed by atoms with Crippen molar-refractivity contribution >= 4 is 5.82 Å². The molecule has 0 saturated carbocycles. The van der Waals surface area contributed by atoms with Gasteiger partial charge in [-0.2, -0.15) is 0 Å². The second kappa shape index (κ2) is 6.61. The topological polar surface area (TPSA) is 37.8 Å². The first-order valence-electron chi connectivity index (χ1n) is 7.13. The van der Waals surface area contributed by atoms with Crippen LogP contribution in [-0.2, 0) is 6.42 Å². The van der Waals surface area contributed by atoms with Gasteiger partial charge in [-0.15, -0.1) is 0 Å². The lowest BCUT2D eigenvalue weighted by Crippen LogP contribution is -2.06. The molecule has 0 radical (unpaired) electrons. The molecule has 3 nitrogen and oxygen atoms in total. The molecular formula is C16H19F2N3. The minimum atomic E-state index is -0.864. The lowest BCUT2D eigenvalue weighted by Gasteiger charge is -2.10. The molecule has 1 aromatic heterocycles. The summed E-state index contributed by atoms with van der Waals surface area (Å²) in [6.45, 7) is 6.28. The first kappa shape index (κ1) is 15.4. The number of nitrogens with one attached hydrogen (secondary N) is 1. The molecule has 21 heavy (non-hydrogen) atoms. The fourth-order valence-electron chi connectivity index (χ4n) is 1.98. The van der Waals surface area contributed by atoms with Gasteiger partial charge < -0.3 is 5.32 Å². The predicted molar refractivity (Wildman–Crippen MR) is 80.3 cm³/mol. The Balaban J connectivity index is 2.50. The molecule has 1 heterocycles. The number of aryl methyl sites for hydroxylation is 2. The highest BCUT2D eigenvalue weighted by Gasteiger charge is 2.15. The van der Waals surface area contributed by atoms with Crippen molar-refractivity contribution in [2.45, 2.75) is 33.6 Å². The minimum Gasteiger partial charge on any atom is -0.370 e. The second-order valence-corrected chi connectivity index (χ2v) is 4.89. The average molecular weight is 291 g/mol. The zero-order valence-corrected chi connectivity index (χ0v) is 12.5. The molecule has 0 unspecified atom stereocenters. The summed E-state index contributed by atoms with van der Waals surface area (Å²) in [6.07, 6.45) is 1.58. The monoisotopic (exact) mass is 291 g/mol. The van der Waals surface area contributed by atoms with Gasteiger partial charge in [0.1, 0.15) is 11.6 Å². The smallest absolute Gasteiger partial charge is 0.168 e. The number of hydrogen-bond acceptors (Lipinski definition) is 3. The molecule has 1 aromatic carbocycles. The Hall–Kier alpha value is -2.04. The van der Waals surface area contributed by atoms with E-state index in [2.05, 4.69) is 15.3 Å². The molecule has 0 spiro atoms. The summed E-state index contributed by atoms with van der Waals surface area (Å²) in [5.74, 6) is -0.449. The third-order valence-corrected chi connectivity index (χ3v) is 3.20. The predicted octanol–water partition coefficient (Wildman–Crippen LogP) is 4.11. The number of benzene rings is 1. The van der Waals surface area contributed by atoms with Crippen LogP contribution in [0.1, 0.15) is 31.7 Å². The van der Waals surface area contributed by atoms with Crippen LogP contribution in [0.3, 0.4) is 0 Å². The van der Waals surface area contributed by atoms with E-state index in [9.17, 15) is 8.78 Å². The van der Waals surface area contributed by atoms with Gasteiger partial charge in [-0.05, 0) is 25.0 Å². The van der Waals surface area contributed by atoms with E-state index in [0.717, 1.165) is 13.0 Å². The van der Waals surface area contributed by atoms with Crippen LogP contribution in [-0.4, -0.2) is 16.5 Å². The normalized spacial score (nSPS) is 10.7.